The zero-order chi connectivity index (χ0) is 14.3. The Hall–Kier alpha value is -0.900. The molecule has 3 heteroatoms. The molecule has 0 amide bonds. The van der Waals surface area contributed by atoms with Gasteiger partial charge in [0.05, 0.1) is 0 Å². The first kappa shape index (κ1) is 14.1. The minimum Gasteiger partial charge on any atom is -0.323 e. The summed E-state index contributed by atoms with van der Waals surface area (Å²) in [6, 6.07) is 9.55. The highest BCUT2D eigenvalue weighted by molar-refractivity contribution is 5.30. The van der Waals surface area contributed by atoms with Crippen molar-refractivity contribution in [3.05, 3.63) is 35.4 Å². The maximum atomic E-state index is 6.55. The van der Waals surface area contributed by atoms with E-state index >= 15 is 0 Å². The molecule has 3 saturated heterocycles. The fourth-order valence-electron chi connectivity index (χ4n) is 3.43. The van der Waals surface area contributed by atoms with Gasteiger partial charge in [0.15, 0.2) is 0 Å². The van der Waals surface area contributed by atoms with Crippen LogP contribution in [0.25, 0.3) is 0 Å². The molecule has 0 saturated carbocycles. The van der Waals surface area contributed by atoms with E-state index in [9.17, 15) is 0 Å². The summed E-state index contributed by atoms with van der Waals surface area (Å²) < 4.78 is 0. The molecule has 0 aromatic heterocycles. The van der Waals surface area contributed by atoms with Crippen molar-refractivity contribution in [1.29, 1.82) is 0 Å². The molecule has 4 rings (SSSR count). The number of rotatable bonds is 2. The van der Waals surface area contributed by atoms with Crippen LogP contribution in [0.3, 0.4) is 0 Å². The van der Waals surface area contributed by atoms with Gasteiger partial charge in [-0.2, -0.15) is 0 Å². The molecule has 3 aliphatic heterocycles. The Labute approximate surface area is 122 Å². The highest BCUT2D eigenvalue weighted by Gasteiger charge is 2.35. The molecule has 0 radical (unpaired) electrons. The second-order valence-corrected chi connectivity index (χ2v) is 7.30. The summed E-state index contributed by atoms with van der Waals surface area (Å²) in [7, 11) is 0. The van der Waals surface area contributed by atoms with Crippen LogP contribution in [-0.4, -0.2) is 48.6 Å². The minimum atomic E-state index is 0.132. The molecule has 0 aliphatic carbocycles. The molecule has 2 unspecified atom stereocenters. The van der Waals surface area contributed by atoms with Gasteiger partial charge in [0, 0.05) is 44.8 Å². The number of hydrogen-bond donors (Lipinski definition) is 1. The lowest BCUT2D eigenvalue weighted by Gasteiger charge is -2.49. The van der Waals surface area contributed by atoms with Crippen LogP contribution in [0.2, 0.25) is 0 Å². The molecule has 3 heterocycles. The van der Waals surface area contributed by atoms with Crippen molar-refractivity contribution in [1.82, 2.24) is 9.80 Å². The summed E-state index contributed by atoms with van der Waals surface area (Å²) in [5.74, 6) is 0. The van der Waals surface area contributed by atoms with E-state index in [2.05, 4.69) is 54.8 Å². The highest BCUT2D eigenvalue weighted by Crippen LogP contribution is 2.28. The van der Waals surface area contributed by atoms with Gasteiger partial charge in [-0.25, -0.2) is 0 Å². The third kappa shape index (κ3) is 2.62. The summed E-state index contributed by atoms with van der Waals surface area (Å²) >= 11 is 0. The summed E-state index contributed by atoms with van der Waals surface area (Å²) in [6.45, 7) is 12.7. The first-order valence-corrected chi connectivity index (χ1v) is 7.77. The monoisotopic (exact) mass is 273 g/mol. The number of piperazine rings is 3. The zero-order valence-electron chi connectivity index (χ0n) is 13.0. The summed E-state index contributed by atoms with van der Waals surface area (Å²) in [5.41, 5.74) is 9.41. The average Bonchev–Trinajstić information content (AvgIpc) is 2.47. The second-order valence-electron chi connectivity index (χ2n) is 7.30. The molecular formula is C17H27N3. The van der Waals surface area contributed by atoms with E-state index in [0.717, 1.165) is 6.54 Å². The van der Waals surface area contributed by atoms with Gasteiger partial charge in [0.2, 0.25) is 0 Å². The molecular weight excluding hydrogens is 246 g/mol. The SMILES string of the molecule is CC(C)(C)c1ccc(C(N)C2CN3CCN2CC3)cc1. The molecule has 1 aromatic carbocycles. The predicted octanol–water partition coefficient (Wildman–Crippen LogP) is 1.98. The minimum absolute atomic E-state index is 0.132. The summed E-state index contributed by atoms with van der Waals surface area (Å²) in [5, 5.41) is 0. The van der Waals surface area contributed by atoms with Gasteiger partial charge in [-0.15, -0.1) is 0 Å². The Morgan fingerprint density at radius 3 is 2.10 bits per heavy atom. The topological polar surface area (TPSA) is 32.5 Å². The van der Waals surface area contributed by atoms with E-state index in [1.165, 1.54) is 37.3 Å². The number of benzene rings is 1. The second kappa shape index (κ2) is 5.14. The summed E-state index contributed by atoms with van der Waals surface area (Å²) in [6.07, 6.45) is 0. The first-order chi connectivity index (χ1) is 9.45. The maximum absolute atomic E-state index is 6.55. The Balaban J connectivity index is 1.75. The average molecular weight is 273 g/mol. The Bertz CT molecular complexity index is 452. The van der Waals surface area contributed by atoms with Crippen LogP contribution >= 0.6 is 0 Å². The van der Waals surface area contributed by atoms with Crippen LogP contribution in [0.5, 0.6) is 0 Å². The van der Waals surface area contributed by atoms with E-state index < -0.39 is 0 Å². The van der Waals surface area contributed by atoms with Crippen LogP contribution in [-0.2, 0) is 5.41 Å². The molecule has 3 fully saturated rings. The standard InChI is InChI=1S/C17H27N3/c1-17(2,3)14-6-4-13(5-7-14)16(18)15-12-19-8-10-20(15)11-9-19/h4-7,15-16H,8-12,18H2,1-3H3. The predicted molar refractivity (Wildman–Crippen MR) is 83.9 cm³/mol. The van der Waals surface area contributed by atoms with E-state index in [1.54, 1.807) is 0 Å². The lowest BCUT2D eigenvalue weighted by Crippen LogP contribution is -2.63. The molecule has 0 spiro atoms. The van der Waals surface area contributed by atoms with Gasteiger partial charge < -0.3 is 5.73 Å². The third-order valence-electron chi connectivity index (χ3n) is 4.90. The van der Waals surface area contributed by atoms with Gasteiger partial charge in [-0.3, -0.25) is 9.80 Å². The van der Waals surface area contributed by atoms with Crippen molar-refractivity contribution in [3.63, 3.8) is 0 Å². The molecule has 3 aliphatic rings. The van der Waals surface area contributed by atoms with Crippen molar-refractivity contribution in [2.45, 2.75) is 38.3 Å². The van der Waals surface area contributed by atoms with Crippen LogP contribution in [0.15, 0.2) is 24.3 Å². The van der Waals surface area contributed by atoms with Gasteiger partial charge in [0.25, 0.3) is 0 Å². The number of fused-ring (bicyclic) bond motifs is 3. The normalized spacial score (nSPS) is 31.3. The molecule has 2 bridgehead atoms. The van der Waals surface area contributed by atoms with E-state index in [4.69, 9.17) is 5.73 Å². The molecule has 20 heavy (non-hydrogen) atoms. The largest absolute Gasteiger partial charge is 0.323 e. The maximum Gasteiger partial charge on any atom is 0.0465 e. The summed E-state index contributed by atoms with van der Waals surface area (Å²) in [4.78, 5) is 5.12. The molecule has 2 atom stereocenters. The van der Waals surface area contributed by atoms with Crippen LogP contribution in [0.1, 0.15) is 37.9 Å². The number of nitrogens with two attached hydrogens (primary N) is 1. The van der Waals surface area contributed by atoms with Gasteiger partial charge in [-0.05, 0) is 16.5 Å². The quantitative estimate of drug-likeness (QED) is 0.894. The fraction of sp³-hybridized carbons (Fsp3) is 0.647. The van der Waals surface area contributed by atoms with Crippen LogP contribution in [0.4, 0.5) is 0 Å². The van der Waals surface area contributed by atoms with Gasteiger partial charge in [0.1, 0.15) is 0 Å². The van der Waals surface area contributed by atoms with E-state index in [1.807, 2.05) is 0 Å². The van der Waals surface area contributed by atoms with Crippen molar-refractivity contribution in [3.8, 4) is 0 Å². The Morgan fingerprint density at radius 1 is 1.05 bits per heavy atom. The van der Waals surface area contributed by atoms with Gasteiger partial charge >= 0.3 is 0 Å². The molecule has 2 N–H and O–H groups in total. The van der Waals surface area contributed by atoms with Crippen LogP contribution < -0.4 is 5.73 Å². The molecule has 1 aromatic rings. The van der Waals surface area contributed by atoms with Crippen molar-refractivity contribution < 1.29 is 0 Å². The van der Waals surface area contributed by atoms with Crippen molar-refractivity contribution in [2.24, 2.45) is 5.73 Å². The zero-order valence-corrected chi connectivity index (χ0v) is 13.0. The lowest BCUT2D eigenvalue weighted by atomic mass is 9.85. The lowest BCUT2D eigenvalue weighted by molar-refractivity contribution is 0.00214. The Morgan fingerprint density at radius 2 is 1.65 bits per heavy atom. The Kier molecular flexibility index (Phi) is 3.61. The van der Waals surface area contributed by atoms with E-state index in [0.29, 0.717) is 6.04 Å². The smallest absolute Gasteiger partial charge is 0.0465 e. The number of nitrogens with zero attached hydrogens (tertiary/aromatic N) is 2. The van der Waals surface area contributed by atoms with Crippen molar-refractivity contribution in [2.75, 3.05) is 32.7 Å². The first-order valence-electron chi connectivity index (χ1n) is 7.77. The molecule has 110 valence electrons. The van der Waals surface area contributed by atoms with Crippen molar-refractivity contribution >= 4 is 0 Å². The molecule has 3 nitrogen and oxygen atoms in total. The van der Waals surface area contributed by atoms with Crippen LogP contribution in [0, 0.1) is 0 Å². The third-order valence-corrected chi connectivity index (χ3v) is 4.90. The number of hydrogen-bond acceptors (Lipinski definition) is 3. The van der Waals surface area contributed by atoms with E-state index in [-0.39, 0.29) is 11.5 Å². The fourth-order valence-corrected chi connectivity index (χ4v) is 3.43. The highest BCUT2D eigenvalue weighted by atomic mass is 15.3. The van der Waals surface area contributed by atoms with Gasteiger partial charge in [-0.1, -0.05) is 45.0 Å².